The van der Waals surface area contributed by atoms with E-state index in [0.29, 0.717) is 11.4 Å². The Morgan fingerprint density at radius 1 is 1.06 bits per heavy atom. The zero-order chi connectivity index (χ0) is 22.1. The molecule has 0 spiro atoms. The van der Waals surface area contributed by atoms with Crippen LogP contribution in [0.25, 0.3) is 11.8 Å². The number of aromatic nitrogens is 1. The van der Waals surface area contributed by atoms with Crippen LogP contribution in [0.5, 0.6) is 0 Å². The molecule has 2 N–H and O–H groups in total. The van der Waals surface area contributed by atoms with Gasteiger partial charge in [0, 0.05) is 17.6 Å². The van der Waals surface area contributed by atoms with Crippen LogP contribution in [0.15, 0.2) is 72.4 Å². The third-order valence-electron chi connectivity index (χ3n) is 4.64. The molecule has 4 rings (SSSR count). The van der Waals surface area contributed by atoms with Gasteiger partial charge in [-0.3, -0.25) is 14.9 Å². The number of thiocarbonyl (C=S) groups is 1. The van der Waals surface area contributed by atoms with E-state index in [1.165, 1.54) is 36.4 Å². The second-order valence-corrected chi connectivity index (χ2v) is 6.95. The highest BCUT2D eigenvalue weighted by Gasteiger charge is 2.35. The number of benzene rings is 2. The van der Waals surface area contributed by atoms with Crippen molar-refractivity contribution < 1.29 is 23.9 Å². The average Bonchev–Trinajstić information content (AvgIpc) is 3.21. The Bertz CT molecular complexity index is 1280. The van der Waals surface area contributed by atoms with E-state index in [4.69, 9.17) is 12.2 Å². The molecule has 0 unspecified atom stereocenters. The van der Waals surface area contributed by atoms with E-state index in [-0.39, 0.29) is 21.9 Å². The van der Waals surface area contributed by atoms with Crippen molar-refractivity contribution in [3.63, 3.8) is 0 Å². The molecule has 0 saturated carbocycles. The number of hydrogen-bond acceptors (Lipinski definition) is 4. The average molecular weight is 435 g/mol. The maximum absolute atomic E-state index is 14.3. The summed E-state index contributed by atoms with van der Waals surface area (Å²) < 4.78 is 15.9. The summed E-state index contributed by atoms with van der Waals surface area (Å²) in [6.07, 6.45) is 3.01. The lowest BCUT2D eigenvalue weighted by Crippen LogP contribution is -2.54. The number of rotatable bonds is 4. The van der Waals surface area contributed by atoms with Gasteiger partial charge in [-0.05, 0) is 60.8 Å². The quantitative estimate of drug-likeness (QED) is 0.373. The highest BCUT2D eigenvalue weighted by molar-refractivity contribution is 7.80. The number of para-hydroxylation sites is 1. The van der Waals surface area contributed by atoms with E-state index in [0.717, 1.165) is 4.90 Å². The van der Waals surface area contributed by atoms with E-state index in [9.17, 15) is 23.9 Å². The van der Waals surface area contributed by atoms with Gasteiger partial charge in [0.05, 0.1) is 11.3 Å². The molecular weight excluding hydrogens is 421 g/mol. The SMILES string of the molecule is O=C1NC(=S)N(c2ccccc2F)C(=O)/C1=C\c1cccn1-c1cccc(C(=O)O)c1. The fourth-order valence-corrected chi connectivity index (χ4v) is 3.47. The number of carboxylic acid groups (broad SMARTS) is 1. The van der Waals surface area contributed by atoms with Crippen molar-refractivity contribution in [3.8, 4) is 5.69 Å². The zero-order valence-electron chi connectivity index (χ0n) is 15.8. The fraction of sp³-hybridized carbons (Fsp3) is 0. The molecule has 2 amide bonds. The molecule has 0 radical (unpaired) electrons. The lowest BCUT2D eigenvalue weighted by atomic mass is 10.1. The predicted molar refractivity (Wildman–Crippen MR) is 115 cm³/mol. The molecule has 154 valence electrons. The molecule has 1 saturated heterocycles. The third kappa shape index (κ3) is 3.74. The van der Waals surface area contributed by atoms with Crippen molar-refractivity contribution in [2.24, 2.45) is 0 Å². The van der Waals surface area contributed by atoms with Crippen LogP contribution >= 0.6 is 12.2 Å². The molecule has 2 aromatic carbocycles. The number of amides is 2. The molecule has 31 heavy (non-hydrogen) atoms. The van der Waals surface area contributed by atoms with Gasteiger partial charge in [-0.25, -0.2) is 14.1 Å². The Morgan fingerprint density at radius 3 is 2.58 bits per heavy atom. The van der Waals surface area contributed by atoms with Gasteiger partial charge in [0.15, 0.2) is 5.11 Å². The van der Waals surface area contributed by atoms with Crippen LogP contribution in [0.1, 0.15) is 16.1 Å². The zero-order valence-corrected chi connectivity index (χ0v) is 16.6. The second-order valence-electron chi connectivity index (χ2n) is 6.57. The number of carbonyl (C=O) groups excluding carboxylic acids is 2. The Kier molecular flexibility index (Phi) is 5.18. The molecule has 1 aliphatic rings. The van der Waals surface area contributed by atoms with E-state index in [2.05, 4.69) is 5.32 Å². The van der Waals surface area contributed by atoms with Crippen LogP contribution in [0.3, 0.4) is 0 Å². The summed E-state index contributed by atoms with van der Waals surface area (Å²) in [6.45, 7) is 0. The van der Waals surface area contributed by atoms with Crippen LogP contribution in [-0.4, -0.2) is 32.6 Å². The Labute approximate surface area is 181 Å². The lowest BCUT2D eigenvalue weighted by Gasteiger charge is -2.29. The Morgan fingerprint density at radius 2 is 1.84 bits per heavy atom. The monoisotopic (exact) mass is 435 g/mol. The number of hydrogen-bond donors (Lipinski definition) is 2. The van der Waals surface area contributed by atoms with Gasteiger partial charge in [0.25, 0.3) is 11.8 Å². The normalized spacial score (nSPS) is 15.3. The largest absolute Gasteiger partial charge is 0.478 e. The first-order valence-corrected chi connectivity index (χ1v) is 9.44. The summed E-state index contributed by atoms with van der Waals surface area (Å²) in [6, 6.07) is 15.1. The molecule has 2 heterocycles. The van der Waals surface area contributed by atoms with Crippen LogP contribution in [0, 0.1) is 5.82 Å². The predicted octanol–water partition coefficient (Wildman–Crippen LogP) is 3.15. The minimum atomic E-state index is -1.08. The minimum absolute atomic E-state index is 0.0760. The number of aromatic carboxylic acids is 1. The summed E-state index contributed by atoms with van der Waals surface area (Å²) in [4.78, 5) is 37.8. The maximum atomic E-state index is 14.3. The van der Waals surface area contributed by atoms with Crippen molar-refractivity contribution in [1.82, 2.24) is 9.88 Å². The van der Waals surface area contributed by atoms with E-state index in [1.807, 2.05) is 0 Å². The topological polar surface area (TPSA) is 91.6 Å². The molecule has 9 heteroatoms. The number of carbonyl (C=O) groups is 3. The molecule has 0 aliphatic carbocycles. The standard InChI is InChI=1S/C22H14FN3O4S/c23-17-8-1-2-9-18(17)26-20(28)16(19(27)24-22(26)31)12-15-7-4-10-25(15)14-6-3-5-13(11-14)21(29)30/h1-12H,(H,29,30)(H,24,27,31)/b16-12-. The first-order valence-electron chi connectivity index (χ1n) is 9.04. The van der Waals surface area contributed by atoms with Crippen LogP contribution in [0.4, 0.5) is 10.1 Å². The first kappa shape index (κ1) is 20.2. The van der Waals surface area contributed by atoms with E-state index < -0.39 is 23.6 Å². The number of anilines is 1. The minimum Gasteiger partial charge on any atom is -0.478 e. The first-order chi connectivity index (χ1) is 14.9. The summed E-state index contributed by atoms with van der Waals surface area (Å²) in [5.41, 5.74) is 0.746. The highest BCUT2D eigenvalue weighted by Crippen LogP contribution is 2.25. The summed E-state index contributed by atoms with van der Waals surface area (Å²) in [5.74, 6) is -3.23. The van der Waals surface area contributed by atoms with E-state index in [1.54, 1.807) is 41.1 Å². The highest BCUT2D eigenvalue weighted by atomic mass is 32.1. The van der Waals surface area contributed by atoms with Crippen molar-refractivity contribution in [1.29, 1.82) is 0 Å². The van der Waals surface area contributed by atoms with Crippen LogP contribution < -0.4 is 10.2 Å². The van der Waals surface area contributed by atoms with Crippen LogP contribution in [-0.2, 0) is 9.59 Å². The lowest BCUT2D eigenvalue weighted by molar-refractivity contribution is -0.122. The van der Waals surface area contributed by atoms with Crippen molar-refractivity contribution >= 4 is 46.9 Å². The fourth-order valence-electron chi connectivity index (χ4n) is 3.19. The van der Waals surface area contributed by atoms with Gasteiger partial charge in [-0.1, -0.05) is 18.2 Å². The number of nitrogens with one attached hydrogen (secondary N) is 1. The molecule has 3 aromatic rings. The van der Waals surface area contributed by atoms with Crippen molar-refractivity contribution in [2.75, 3.05) is 4.90 Å². The summed E-state index contributed by atoms with van der Waals surface area (Å²) >= 11 is 5.08. The van der Waals surface area contributed by atoms with Crippen molar-refractivity contribution in [2.45, 2.75) is 0 Å². The van der Waals surface area contributed by atoms with Gasteiger partial charge < -0.3 is 9.67 Å². The maximum Gasteiger partial charge on any atom is 0.335 e. The summed E-state index contributed by atoms with van der Waals surface area (Å²) in [7, 11) is 0. The van der Waals surface area contributed by atoms with E-state index >= 15 is 0 Å². The van der Waals surface area contributed by atoms with Gasteiger partial charge in [0.1, 0.15) is 11.4 Å². The van der Waals surface area contributed by atoms with Crippen molar-refractivity contribution in [3.05, 3.63) is 89.5 Å². The molecule has 1 fully saturated rings. The molecule has 0 bridgehead atoms. The second kappa shape index (κ2) is 7.96. The number of nitrogens with zero attached hydrogens (tertiary/aromatic N) is 2. The van der Waals surface area contributed by atoms with Gasteiger partial charge in [-0.2, -0.15) is 0 Å². The Hall–Kier alpha value is -4.11. The number of carboxylic acids is 1. The molecule has 1 aromatic heterocycles. The molecule has 1 aliphatic heterocycles. The smallest absolute Gasteiger partial charge is 0.335 e. The van der Waals surface area contributed by atoms with Gasteiger partial charge in [0.2, 0.25) is 0 Å². The molecule has 7 nitrogen and oxygen atoms in total. The Balaban J connectivity index is 1.77. The van der Waals surface area contributed by atoms with Gasteiger partial charge >= 0.3 is 5.97 Å². The molecule has 0 atom stereocenters. The van der Waals surface area contributed by atoms with Gasteiger partial charge in [-0.15, -0.1) is 0 Å². The van der Waals surface area contributed by atoms with Crippen LogP contribution in [0.2, 0.25) is 0 Å². The number of halogens is 1. The summed E-state index contributed by atoms with van der Waals surface area (Å²) in [5, 5.41) is 11.4. The molecular formula is C22H14FN3O4S. The third-order valence-corrected chi connectivity index (χ3v) is 4.92.